The zero-order chi connectivity index (χ0) is 16.5. The van der Waals surface area contributed by atoms with Crippen molar-refractivity contribution in [1.82, 2.24) is 20.8 Å². The molecule has 0 saturated heterocycles. The maximum Gasteiger partial charge on any atom is 0.228 e. The lowest BCUT2D eigenvalue weighted by Crippen LogP contribution is -2.38. The highest BCUT2D eigenvalue weighted by molar-refractivity contribution is 7.09. The summed E-state index contributed by atoms with van der Waals surface area (Å²) in [5, 5.41) is 12.6. The molecule has 2 heterocycles. The largest absolute Gasteiger partial charge is 0.357 e. The molecule has 126 valence electrons. The summed E-state index contributed by atoms with van der Waals surface area (Å²) < 4.78 is 5.24. The van der Waals surface area contributed by atoms with Gasteiger partial charge in [0.25, 0.3) is 0 Å². The molecule has 2 aromatic heterocycles. The molecule has 0 aliphatic rings. The summed E-state index contributed by atoms with van der Waals surface area (Å²) in [6, 6.07) is 4.21. The second-order valence-corrected chi connectivity index (χ2v) is 6.50. The van der Waals surface area contributed by atoms with Gasteiger partial charge < -0.3 is 15.2 Å². The molecular weight excluding hydrogens is 310 g/mol. The van der Waals surface area contributed by atoms with Gasteiger partial charge in [-0.2, -0.15) is 4.98 Å². The van der Waals surface area contributed by atoms with E-state index in [-0.39, 0.29) is 5.92 Å². The van der Waals surface area contributed by atoms with E-state index in [0.717, 1.165) is 31.3 Å². The molecule has 2 rings (SSSR count). The van der Waals surface area contributed by atoms with Crippen molar-refractivity contribution < 1.29 is 4.52 Å². The van der Waals surface area contributed by atoms with E-state index in [9.17, 15) is 0 Å². The molecule has 0 saturated carbocycles. The SMILES string of the molecule is CCNC(=NCCc1cccs1)NCCc1nc(C(C)C)no1. The zero-order valence-electron chi connectivity index (χ0n) is 14.0. The van der Waals surface area contributed by atoms with Crippen LogP contribution in [-0.4, -0.2) is 35.7 Å². The average molecular weight is 335 g/mol. The molecular formula is C16H25N5OS. The molecule has 23 heavy (non-hydrogen) atoms. The molecule has 0 aromatic carbocycles. The van der Waals surface area contributed by atoms with Crippen molar-refractivity contribution >= 4 is 17.3 Å². The zero-order valence-corrected chi connectivity index (χ0v) is 14.8. The van der Waals surface area contributed by atoms with Gasteiger partial charge in [0.15, 0.2) is 11.8 Å². The third kappa shape index (κ3) is 6.02. The number of hydrogen-bond acceptors (Lipinski definition) is 5. The van der Waals surface area contributed by atoms with Crippen molar-refractivity contribution in [2.24, 2.45) is 4.99 Å². The van der Waals surface area contributed by atoms with Crippen molar-refractivity contribution in [2.45, 2.75) is 39.5 Å². The Hall–Kier alpha value is -1.89. The van der Waals surface area contributed by atoms with Crippen LogP contribution in [0.25, 0.3) is 0 Å². The second-order valence-electron chi connectivity index (χ2n) is 5.47. The average Bonchev–Trinajstić information content (AvgIpc) is 3.18. The quantitative estimate of drug-likeness (QED) is 0.573. The van der Waals surface area contributed by atoms with Gasteiger partial charge >= 0.3 is 0 Å². The van der Waals surface area contributed by atoms with E-state index in [1.807, 2.05) is 0 Å². The van der Waals surface area contributed by atoms with Crippen LogP contribution in [0.5, 0.6) is 0 Å². The minimum Gasteiger partial charge on any atom is -0.357 e. The second kappa shape index (κ2) is 9.29. The predicted molar refractivity (Wildman–Crippen MR) is 94.1 cm³/mol. The summed E-state index contributed by atoms with van der Waals surface area (Å²) in [6.07, 6.45) is 1.66. The molecule has 0 aliphatic carbocycles. The van der Waals surface area contributed by atoms with E-state index in [1.54, 1.807) is 11.3 Å². The molecule has 0 aliphatic heterocycles. The highest BCUT2D eigenvalue weighted by Gasteiger charge is 2.09. The lowest BCUT2D eigenvalue weighted by Gasteiger charge is -2.10. The third-order valence-corrected chi connectivity index (χ3v) is 4.12. The number of aliphatic imine (C=N–C) groups is 1. The van der Waals surface area contributed by atoms with Crippen LogP contribution in [0.1, 0.15) is 43.3 Å². The van der Waals surface area contributed by atoms with E-state index >= 15 is 0 Å². The van der Waals surface area contributed by atoms with Crippen LogP contribution in [0, 0.1) is 0 Å². The van der Waals surface area contributed by atoms with E-state index < -0.39 is 0 Å². The van der Waals surface area contributed by atoms with Gasteiger partial charge in [0.1, 0.15) is 0 Å². The van der Waals surface area contributed by atoms with Gasteiger partial charge in [0.05, 0.1) is 0 Å². The van der Waals surface area contributed by atoms with E-state index in [0.29, 0.717) is 18.9 Å². The maximum absolute atomic E-state index is 5.24. The van der Waals surface area contributed by atoms with Crippen LogP contribution in [-0.2, 0) is 12.8 Å². The van der Waals surface area contributed by atoms with E-state index in [4.69, 9.17) is 4.52 Å². The van der Waals surface area contributed by atoms with Crippen molar-refractivity contribution in [3.05, 3.63) is 34.1 Å². The molecule has 2 aromatic rings. The monoisotopic (exact) mass is 335 g/mol. The van der Waals surface area contributed by atoms with Crippen LogP contribution < -0.4 is 10.6 Å². The topological polar surface area (TPSA) is 75.3 Å². The Morgan fingerprint density at radius 2 is 2.22 bits per heavy atom. The number of hydrogen-bond donors (Lipinski definition) is 2. The Labute approximate surface area is 141 Å². The summed E-state index contributed by atoms with van der Waals surface area (Å²) >= 11 is 1.77. The van der Waals surface area contributed by atoms with Gasteiger partial charge in [0.2, 0.25) is 5.89 Å². The van der Waals surface area contributed by atoms with E-state index in [2.05, 4.69) is 64.1 Å². The number of thiophene rings is 1. The lowest BCUT2D eigenvalue weighted by atomic mass is 10.2. The summed E-state index contributed by atoms with van der Waals surface area (Å²) in [5.74, 6) is 2.54. The Balaban J connectivity index is 1.76. The first-order valence-corrected chi connectivity index (χ1v) is 8.94. The normalized spacial score (nSPS) is 11.9. The Bertz CT molecular complexity index is 591. The fraction of sp³-hybridized carbons (Fsp3) is 0.562. The Kier molecular flexibility index (Phi) is 7.06. The first-order chi connectivity index (χ1) is 11.2. The van der Waals surface area contributed by atoms with Gasteiger partial charge in [-0.1, -0.05) is 25.1 Å². The van der Waals surface area contributed by atoms with Crippen molar-refractivity contribution in [1.29, 1.82) is 0 Å². The van der Waals surface area contributed by atoms with Gasteiger partial charge in [-0.05, 0) is 18.4 Å². The highest BCUT2D eigenvalue weighted by Crippen LogP contribution is 2.10. The van der Waals surface area contributed by atoms with Crippen LogP contribution in [0.2, 0.25) is 0 Å². The summed E-state index contributed by atoms with van der Waals surface area (Å²) in [5.41, 5.74) is 0. The van der Waals surface area contributed by atoms with Gasteiger partial charge in [-0.3, -0.25) is 4.99 Å². The Morgan fingerprint density at radius 1 is 1.35 bits per heavy atom. The standard InChI is InChI=1S/C16H25N5OS/c1-4-17-16(18-9-7-13-6-5-11-23-13)19-10-8-14-20-15(12(2)3)21-22-14/h5-6,11-12H,4,7-10H2,1-3H3,(H2,17,18,19). The molecule has 0 fully saturated rings. The first kappa shape index (κ1) is 17.5. The minimum atomic E-state index is 0.289. The maximum atomic E-state index is 5.24. The number of nitrogens with zero attached hydrogens (tertiary/aromatic N) is 3. The van der Waals surface area contributed by atoms with E-state index in [1.165, 1.54) is 4.88 Å². The molecule has 0 atom stereocenters. The van der Waals surface area contributed by atoms with Crippen molar-refractivity contribution in [3.63, 3.8) is 0 Å². The summed E-state index contributed by atoms with van der Waals surface area (Å²) in [7, 11) is 0. The molecule has 0 spiro atoms. The number of guanidine groups is 1. The summed E-state index contributed by atoms with van der Waals surface area (Å²) in [6.45, 7) is 8.48. The molecule has 2 N–H and O–H groups in total. The molecule has 7 heteroatoms. The molecule has 0 radical (unpaired) electrons. The predicted octanol–water partition coefficient (Wildman–Crippen LogP) is 2.59. The first-order valence-electron chi connectivity index (χ1n) is 8.06. The van der Waals surface area contributed by atoms with Crippen LogP contribution in [0.3, 0.4) is 0 Å². The number of nitrogens with one attached hydrogen (secondary N) is 2. The van der Waals surface area contributed by atoms with Crippen molar-refractivity contribution in [2.75, 3.05) is 19.6 Å². The molecule has 0 bridgehead atoms. The van der Waals surface area contributed by atoms with Crippen LogP contribution in [0.4, 0.5) is 0 Å². The molecule has 0 amide bonds. The molecule has 6 nitrogen and oxygen atoms in total. The Morgan fingerprint density at radius 3 is 2.87 bits per heavy atom. The van der Waals surface area contributed by atoms with Gasteiger partial charge in [0, 0.05) is 43.3 Å². The number of rotatable bonds is 8. The lowest BCUT2D eigenvalue weighted by molar-refractivity contribution is 0.371. The number of aromatic nitrogens is 2. The fourth-order valence-corrected chi connectivity index (χ4v) is 2.66. The molecule has 0 unspecified atom stereocenters. The summed E-state index contributed by atoms with van der Waals surface area (Å²) in [4.78, 5) is 10.3. The smallest absolute Gasteiger partial charge is 0.228 e. The highest BCUT2D eigenvalue weighted by atomic mass is 32.1. The van der Waals surface area contributed by atoms with Gasteiger partial charge in [-0.15, -0.1) is 11.3 Å². The van der Waals surface area contributed by atoms with Crippen molar-refractivity contribution in [3.8, 4) is 0 Å². The fourth-order valence-electron chi connectivity index (χ4n) is 1.97. The third-order valence-electron chi connectivity index (χ3n) is 3.18. The van der Waals surface area contributed by atoms with Crippen LogP contribution >= 0.6 is 11.3 Å². The van der Waals surface area contributed by atoms with Gasteiger partial charge in [-0.25, -0.2) is 0 Å². The van der Waals surface area contributed by atoms with Crippen LogP contribution in [0.15, 0.2) is 27.0 Å². The minimum absolute atomic E-state index is 0.289.